The van der Waals surface area contributed by atoms with E-state index in [-0.39, 0.29) is 5.91 Å². The molecule has 2 heterocycles. The zero-order valence-corrected chi connectivity index (χ0v) is 17.6. The van der Waals surface area contributed by atoms with Crippen LogP contribution in [0.2, 0.25) is 0 Å². The number of carbonyl (C=O) groups is 1. The Bertz CT molecular complexity index is 1000. The number of amides is 1. The molecule has 0 atom stereocenters. The lowest BCUT2D eigenvalue weighted by atomic mass is 10.1. The van der Waals surface area contributed by atoms with Crippen molar-refractivity contribution in [2.75, 3.05) is 42.9 Å². The number of nitrogens with zero attached hydrogens (tertiary/aromatic N) is 2. The van der Waals surface area contributed by atoms with Crippen molar-refractivity contribution in [3.8, 4) is 0 Å². The maximum Gasteiger partial charge on any atom is 0.266 e. The van der Waals surface area contributed by atoms with Crippen molar-refractivity contribution in [3.63, 3.8) is 0 Å². The van der Waals surface area contributed by atoms with Crippen molar-refractivity contribution in [1.82, 2.24) is 4.90 Å². The summed E-state index contributed by atoms with van der Waals surface area (Å²) in [7, 11) is 0. The summed E-state index contributed by atoms with van der Waals surface area (Å²) in [5.74, 6) is -0.0221. The van der Waals surface area contributed by atoms with Crippen LogP contribution in [0.1, 0.15) is 27.7 Å². The molecule has 0 spiro atoms. The van der Waals surface area contributed by atoms with Crippen LogP contribution in [0.3, 0.4) is 0 Å². The Hall–Kier alpha value is -2.37. The van der Waals surface area contributed by atoms with E-state index in [2.05, 4.69) is 53.2 Å². The number of fused-ring (bicyclic) bond motifs is 1. The topological polar surface area (TPSA) is 35.6 Å². The van der Waals surface area contributed by atoms with E-state index in [1.165, 1.54) is 5.69 Å². The highest BCUT2D eigenvalue weighted by molar-refractivity contribution is 7.21. The molecule has 5 heteroatoms. The second kappa shape index (κ2) is 7.94. The van der Waals surface area contributed by atoms with Gasteiger partial charge >= 0.3 is 0 Å². The van der Waals surface area contributed by atoms with Crippen molar-refractivity contribution in [3.05, 3.63) is 58.5 Å². The van der Waals surface area contributed by atoms with Gasteiger partial charge in [0.15, 0.2) is 0 Å². The average molecular weight is 394 g/mol. The summed E-state index contributed by atoms with van der Waals surface area (Å²) in [4.78, 5) is 18.6. The van der Waals surface area contributed by atoms with Gasteiger partial charge in [0, 0.05) is 42.3 Å². The van der Waals surface area contributed by atoms with E-state index in [1.54, 1.807) is 11.3 Å². The molecule has 1 N–H and O–H groups in total. The minimum Gasteiger partial charge on any atom is -0.369 e. The second-order valence-electron chi connectivity index (χ2n) is 7.43. The van der Waals surface area contributed by atoms with Crippen LogP contribution >= 0.6 is 11.3 Å². The van der Waals surface area contributed by atoms with E-state index < -0.39 is 0 Å². The number of rotatable bonds is 4. The molecule has 146 valence electrons. The first-order valence-electron chi connectivity index (χ1n) is 9.94. The SMILES string of the molecule is CCN1CCN(c2ccc(NC(=O)c3sc4ccccc4c3C)c(C)c2)CC1. The minimum atomic E-state index is -0.0221. The third kappa shape index (κ3) is 3.64. The summed E-state index contributed by atoms with van der Waals surface area (Å²) in [6, 6.07) is 14.5. The number of piperazine rings is 1. The fraction of sp³-hybridized carbons (Fsp3) is 0.348. The number of hydrogen-bond donors (Lipinski definition) is 1. The standard InChI is InChI=1S/C23H27N3OS/c1-4-25-11-13-26(14-12-25)18-9-10-20(16(2)15-18)24-23(27)22-17(3)19-7-5-6-8-21(19)28-22/h5-10,15H,4,11-14H2,1-3H3,(H,24,27). The van der Waals surface area contributed by atoms with Crippen molar-refractivity contribution in [2.24, 2.45) is 0 Å². The Labute approximate surface area is 170 Å². The molecule has 1 saturated heterocycles. The van der Waals surface area contributed by atoms with Gasteiger partial charge in [-0.05, 0) is 61.2 Å². The molecule has 0 aliphatic carbocycles. The number of carbonyl (C=O) groups excluding carboxylic acids is 1. The van der Waals surface area contributed by atoms with Crippen molar-refractivity contribution in [2.45, 2.75) is 20.8 Å². The van der Waals surface area contributed by atoms with Gasteiger partial charge in [-0.25, -0.2) is 0 Å². The van der Waals surface area contributed by atoms with Crippen molar-refractivity contribution >= 4 is 38.7 Å². The molecule has 1 amide bonds. The van der Waals surface area contributed by atoms with Gasteiger partial charge in [0.05, 0.1) is 4.88 Å². The molecule has 28 heavy (non-hydrogen) atoms. The van der Waals surface area contributed by atoms with Gasteiger partial charge in [-0.2, -0.15) is 0 Å². The predicted octanol–water partition coefficient (Wildman–Crippen LogP) is 4.91. The lowest BCUT2D eigenvalue weighted by Crippen LogP contribution is -2.46. The molecule has 4 rings (SSSR count). The Morgan fingerprint density at radius 2 is 1.82 bits per heavy atom. The lowest BCUT2D eigenvalue weighted by Gasteiger charge is -2.35. The fourth-order valence-corrected chi connectivity index (χ4v) is 4.98. The highest BCUT2D eigenvalue weighted by Crippen LogP contribution is 2.32. The van der Waals surface area contributed by atoms with Crippen LogP contribution in [-0.4, -0.2) is 43.5 Å². The summed E-state index contributed by atoms with van der Waals surface area (Å²) in [5.41, 5.74) is 4.28. The van der Waals surface area contributed by atoms with E-state index in [9.17, 15) is 4.79 Å². The van der Waals surface area contributed by atoms with Gasteiger partial charge in [-0.1, -0.05) is 25.1 Å². The first kappa shape index (κ1) is 19.0. The molecular weight excluding hydrogens is 366 g/mol. The zero-order chi connectivity index (χ0) is 19.7. The van der Waals surface area contributed by atoms with Gasteiger partial charge in [-0.15, -0.1) is 11.3 Å². The van der Waals surface area contributed by atoms with Crippen LogP contribution in [-0.2, 0) is 0 Å². The monoisotopic (exact) mass is 393 g/mol. The molecule has 1 fully saturated rings. The molecule has 3 aromatic rings. The second-order valence-corrected chi connectivity index (χ2v) is 8.48. The van der Waals surface area contributed by atoms with E-state index >= 15 is 0 Å². The Kier molecular flexibility index (Phi) is 5.38. The highest BCUT2D eigenvalue weighted by Gasteiger charge is 2.18. The minimum absolute atomic E-state index is 0.0221. The van der Waals surface area contributed by atoms with Gasteiger partial charge in [0.2, 0.25) is 0 Å². The van der Waals surface area contributed by atoms with Crippen LogP contribution in [0.25, 0.3) is 10.1 Å². The van der Waals surface area contributed by atoms with Crippen LogP contribution in [0.5, 0.6) is 0 Å². The summed E-state index contributed by atoms with van der Waals surface area (Å²) in [6.07, 6.45) is 0. The molecule has 1 aromatic heterocycles. The fourth-order valence-electron chi connectivity index (χ4n) is 3.88. The summed E-state index contributed by atoms with van der Waals surface area (Å²) in [6.45, 7) is 11.8. The molecular formula is C23H27N3OS. The zero-order valence-electron chi connectivity index (χ0n) is 16.8. The molecule has 0 bridgehead atoms. The average Bonchev–Trinajstić information content (AvgIpc) is 3.06. The van der Waals surface area contributed by atoms with Crippen LogP contribution in [0.4, 0.5) is 11.4 Å². The molecule has 1 aliphatic rings. The van der Waals surface area contributed by atoms with Gasteiger partial charge in [-0.3, -0.25) is 4.79 Å². The first-order chi connectivity index (χ1) is 13.6. The smallest absolute Gasteiger partial charge is 0.266 e. The Balaban J connectivity index is 1.50. The first-order valence-corrected chi connectivity index (χ1v) is 10.8. The third-order valence-electron chi connectivity index (χ3n) is 5.69. The number of nitrogens with one attached hydrogen (secondary N) is 1. The van der Waals surface area contributed by atoms with E-state index in [1.807, 2.05) is 25.1 Å². The quantitative estimate of drug-likeness (QED) is 0.684. The molecule has 4 nitrogen and oxygen atoms in total. The molecule has 0 saturated carbocycles. The van der Waals surface area contributed by atoms with Crippen LogP contribution in [0, 0.1) is 13.8 Å². The normalized spacial score (nSPS) is 15.2. The number of thiophene rings is 1. The highest BCUT2D eigenvalue weighted by atomic mass is 32.1. The number of likely N-dealkylation sites (N-methyl/N-ethyl adjacent to an activating group) is 1. The molecule has 2 aromatic carbocycles. The van der Waals surface area contributed by atoms with Gasteiger partial charge in [0.25, 0.3) is 5.91 Å². The van der Waals surface area contributed by atoms with E-state index in [0.29, 0.717) is 0 Å². The number of benzene rings is 2. The Morgan fingerprint density at radius 3 is 2.50 bits per heavy atom. The van der Waals surface area contributed by atoms with Crippen molar-refractivity contribution in [1.29, 1.82) is 0 Å². The lowest BCUT2D eigenvalue weighted by molar-refractivity contribution is 0.103. The largest absolute Gasteiger partial charge is 0.369 e. The summed E-state index contributed by atoms with van der Waals surface area (Å²) >= 11 is 1.56. The van der Waals surface area contributed by atoms with Crippen LogP contribution in [0.15, 0.2) is 42.5 Å². The van der Waals surface area contributed by atoms with Gasteiger partial charge in [0.1, 0.15) is 0 Å². The van der Waals surface area contributed by atoms with Crippen LogP contribution < -0.4 is 10.2 Å². The Morgan fingerprint density at radius 1 is 1.07 bits per heavy atom. The maximum absolute atomic E-state index is 12.9. The van der Waals surface area contributed by atoms with Crippen molar-refractivity contribution < 1.29 is 4.79 Å². The maximum atomic E-state index is 12.9. The molecule has 0 unspecified atom stereocenters. The van der Waals surface area contributed by atoms with E-state index in [0.717, 1.165) is 64.5 Å². The summed E-state index contributed by atoms with van der Waals surface area (Å²) in [5, 5.41) is 4.28. The van der Waals surface area contributed by atoms with E-state index in [4.69, 9.17) is 0 Å². The number of aryl methyl sites for hydroxylation is 2. The van der Waals surface area contributed by atoms with Gasteiger partial charge < -0.3 is 15.1 Å². The molecule has 1 aliphatic heterocycles. The predicted molar refractivity (Wildman–Crippen MR) is 120 cm³/mol. The number of anilines is 2. The third-order valence-corrected chi connectivity index (χ3v) is 6.96. The summed E-state index contributed by atoms with van der Waals surface area (Å²) < 4.78 is 1.16. The number of hydrogen-bond acceptors (Lipinski definition) is 4. The molecule has 0 radical (unpaired) electrons.